The lowest BCUT2D eigenvalue weighted by Crippen LogP contribution is -2.59. The first-order valence-electron chi connectivity index (χ1n) is 10.2. The maximum absolute atomic E-state index is 13.0. The van der Waals surface area contributed by atoms with E-state index < -0.39 is 5.60 Å². The predicted molar refractivity (Wildman–Crippen MR) is 105 cm³/mol. The molecule has 26 heavy (non-hydrogen) atoms. The number of hydrogen-bond acceptors (Lipinski definition) is 3. The Morgan fingerprint density at radius 3 is 2.42 bits per heavy atom. The van der Waals surface area contributed by atoms with E-state index in [2.05, 4.69) is 49.9 Å². The lowest BCUT2D eigenvalue weighted by molar-refractivity contribution is -0.160. The van der Waals surface area contributed by atoms with Gasteiger partial charge in [0.05, 0.1) is 0 Å². The summed E-state index contributed by atoms with van der Waals surface area (Å²) >= 11 is 0. The van der Waals surface area contributed by atoms with E-state index in [1.165, 1.54) is 5.56 Å². The van der Waals surface area contributed by atoms with Gasteiger partial charge in [-0.15, -0.1) is 0 Å². The zero-order valence-corrected chi connectivity index (χ0v) is 16.6. The standard InChI is InChI=1S/C22H34N2O2/c1-17(2)20-7-5-19(6-8-20)15-24-12-4-11-22(26,21(24)25)16-23-13-9-18(3)10-14-23/h5-8,17-18,26H,4,9-16H2,1-3H3. The second-order valence-corrected chi connectivity index (χ2v) is 8.72. The molecule has 1 amide bonds. The fourth-order valence-corrected chi connectivity index (χ4v) is 4.18. The van der Waals surface area contributed by atoms with Crippen molar-refractivity contribution >= 4 is 5.91 Å². The number of β-amino-alcohol motifs (C(OH)–C–C–N with tert-alkyl or cyclic N) is 1. The molecule has 2 heterocycles. The molecule has 1 aromatic carbocycles. The second kappa shape index (κ2) is 8.10. The van der Waals surface area contributed by atoms with Crippen molar-refractivity contribution in [2.45, 2.75) is 64.5 Å². The first-order valence-corrected chi connectivity index (χ1v) is 10.2. The van der Waals surface area contributed by atoms with E-state index in [1.54, 1.807) is 0 Å². The average molecular weight is 359 g/mol. The van der Waals surface area contributed by atoms with Crippen molar-refractivity contribution in [3.8, 4) is 0 Å². The van der Waals surface area contributed by atoms with Crippen LogP contribution in [-0.2, 0) is 11.3 Å². The van der Waals surface area contributed by atoms with Crippen molar-refractivity contribution in [3.05, 3.63) is 35.4 Å². The maximum Gasteiger partial charge on any atom is 0.256 e. The maximum atomic E-state index is 13.0. The highest BCUT2D eigenvalue weighted by Crippen LogP contribution is 2.27. The molecule has 0 radical (unpaired) electrons. The van der Waals surface area contributed by atoms with Crippen LogP contribution in [0.2, 0.25) is 0 Å². The van der Waals surface area contributed by atoms with Gasteiger partial charge in [-0.25, -0.2) is 0 Å². The number of benzene rings is 1. The zero-order valence-electron chi connectivity index (χ0n) is 16.6. The van der Waals surface area contributed by atoms with E-state index in [1.807, 2.05) is 4.90 Å². The predicted octanol–water partition coefficient (Wildman–Crippen LogP) is 3.40. The molecule has 3 rings (SSSR count). The Morgan fingerprint density at radius 2 is 1.81 bits per heavy atom. The van der Waals surface area contributed by atoms with Gasteiger partial charge in [0, 0.05) is 19.6 Å². The number of rotatable bonds is 5. The normalized spacial score (nSPS) is 25.9. The van der Waals surface area contributed by atoms with Gasteiger partial charge in [0.15, 0.2) is 5.60 Å². The Balaban J connectivity index is 1.63. The lowest BCUT2D eigenvalue weighted by atomic mass is 9.89. The summed E-state index contributed by atoms with van der Waals surface area (Å²) < 4.78 is 0. The summed E-state index contributed by atoms with van der Waals surface area (Å²) in [7, 11) is 0. The van der Waals surface area contributed by atoms with Crippen LogP contribution < -0.4 is 0 Å². The molecule has 2 fully saturated rings. The van der Waals surface area contributed by atoms with Crippen LogP contribution in [0.3, 0.4) is 0 Å². The van der Waals surface area contributed by atoms with Crippen molar-refractivity contribution in [1.29, 1.82) is 0 Å². The lowest BCUT2D eigenvalue weighted by Gasteiger charge is -2.42. The van der Waals surface area contributed by atoms with Crippen LogP contribution in [0.25, 0.3) is 0 Å². The van der Waals surface area contributed by atoms with E-state index in [0.29, 0.717) is 25.4 Å². The monoisotopic (exact) mass is 358 g/mol. The largest absolute Gasteiger partial charge is 0.379 e. The number of piperidine rings is 2. The molecule has 4 heteroatoms. The van der Waals surface area contributed by atoms with Crippen molar-refractivity contribution in [3.63, 3.8) is 0 Å². The highest BCUT2D eigenvalue weighted by Gasteiger charge is 2.43. The highest BCUT2D eigenvalue weighted by atomic mass is 16.3. The quantitative estimate of drug-likeness (QED) is 0.877. The minimum Gasteiger partial charge on any atom is -0.379 e. The van der Waals surface area contributed by atoms with Gasteiger partial charge in [-0.05, 0) is 61.7 Å². The van der Waals surface area contributed by atoms with Gasteiger partial charge in [-0.2, -0.15) is 0 Å². The summed E-state index contributed by atoms with van der Waals surface area (Å²) in [5, 5.41) is 11.1. The third-order valence-electron chi connectivity index (χ3n) is 6.08. The molecule has 2 aliphatic rings. The number of amides is 1. The first-order chi connectivity index (χ1) is 12.4. The number of aliphatic hydroxyl groups is 1. The summed E-state index contributed by atoms with van der Waals surface area (Å²) in [5.41, 5.74) is 1.24. The molecule has 4 nitrogen and oxygen atoms in total. The van der Waals surface area contributed by atoms with E-state index in [0.717, 1.165) is 50.4 Å². The number of carbonyl (C=O) groups excluding carboxylic acids is 1. The second-order valence-electron chi connectivity index (χ2n) is 8.72. The molecule has 0 spiro atoms. The average Bonchev–Trinajstić information content (AvgIpc) is 2.62. The van der Waals surface area contributed by atoms with Crippen molar-refractivity contribution < 1.29 is 9.90 Å². The highest BCUT2D eigenvalue weighted by molar-refractivity contribution is 5.86. The summed E-state index contributed by atoms with van der Waals surface area (Å²) in [4.78, 5) is 17.1. The van der Waals surface area contributed by atoms with E-state index in [-0.39, 0.29) is 5.91 Å². The summed E-state index contributed by atoms with van der Waals surface area (Å²) in [6, 6.07) is 8.52. The number of likely N-dealkylation sites (tertiary alicyclic amines) is 2. The minimum atomic E-state index is -1.21. The number of carbonyl (C=O) groups is 1. The molecule has 2 aliphatic heterocycles. The Hall–Kier alpha value is -1.39. The molecule has 1 atom stereocenters. The van der Waals surface area contributed by atoms with Gasteiger partial charge in [0.2, 0.25) is 0 Å². The van der Waals surface area contributed by atoms with Gasteiger partial charge in [0.1, 0.15) is 0 Å². The molecule has 144 valence electrons. The Labute approximate surface area is 158 Å². The summed E-state index contributed by atoms with van der Waals surface area (Å²) in [6.07, 6.45) is 3.78. The van der Waals surface area contributed by atoms with E-state index in [4.69, 9.17) is 0 Å². The summed E-state index contributed by atoms with van der Waals surface area (Å²) in [5.74, 6) is 1.18. The third-order valence-corrected chi connectivity index (χ3v) is 6.08. The Bertz CT molecular complexity index is 605. The molecule has 2 saturated heterocycles. The topological polar surface area (TPSA) is 43.8 Å². The van der Waals surface area contributed by atoms with Crippen LogP contribution in [0.1, 0.15) is 63.5 Å². The minimum absolute atomic E-state index is 0.0877. The molecule has 0 saturated carbocycles. The van der Waals surface area contributed by atoms with Crippen LogP contribution in [0.4, 0.5) is 0 Å². The molecule has 0 aromatic heterocycles. The van der Waals surface area contributed by atoms with E-state index in [9.17, 15) is 9.90 Å². The smallest absolute Gasteiger partial charge is 0.256 e. The molecular weight excluding hydrogens is 324 g/mol. The molecule has 0 aliphatic carbocycles. The van der Waals surface area contributed by atoms with Gasteiger partial charge in [-0.1, -0.05) is 45.0 Å². The first kappa shape index (κ1) is 19.4. The SMILES string of the molecule is CC1CCN(CC2(O)CCCN(Cc3ccc(C(C)C)cc3)C2=O)CC1. The molecule has 0 bridgehead atoms. The van der Waals surface area contributed by atoms with Crippen molar-refractivity contribution in [1.82, 2.24) is 9.80 Å². The Kier molecular flexibility index (Phi) is 6.03. The van der Waals surface area contributed by atoms with Crippen LogP contribution in [0.15, 0.2) is 24.3 Å². The molecule has 1 N–H and O–H groups in total. The van der Waals surface area contributed by atoms with Crippen molar-refractivity contribution in [2.75, 3.05) is 26.2 Å². The summed E-state index contributed by atoms with van der Waals surface area (Å²) in [6.45, 7) is 10.5. The van der Waals surface area contributed by atoms with Crippen LogP contribution in [-0.4, -0.2) is 52.6 Å². The molecule has 1 unspecified atom stereocenters. The number of hydrogen-bond donors (Lipinski definition) is 1. The fraction of sp³-hybridized carbons (Fsp3) is 0.682. The van der Waals surface area contributed by atoms with Gasteiger partial charge in [-0.3, -0.25) is 9.69 Å². The molecular formula is C22H34N2O2. The molecule has 1 aromatic rings. The fourth-order valence-electron chi connectivity index (χ4n) is 4.18. The van der Waals surface area contributed by atoms with Gasteiger partial charge < -0.3 is 10.0 Å². The number of nitrogens with zero attached hydrogens (tertiary/aromatic N) is 2. The van der Waals surface area contributed by atoms with Gasteiger partial charge in [0.25, 0.3) is 5.91 Å². The third kappa shape index (κ3) is 4.47. The van der Waals surface area contributed by atoms with Crippen molar-refractivity contribution in [2.24, 2.45) is 5.92 Å². The van der Waals surface area contributed by atoms with E-state index >= 15 is 0 Å². The van der Waals surface area contributed by atoms with Crippen LogP contribution in [0.5, 0.6) is 0 Å². The van der Waals surface area contributed by atoms with Crippen LogP contribution in [0, 0.1) is 5.92 Å². The Morgan fingerprint density at radius 1 is 1.15 bits per heavy atom. The van der Waals surface area contributed by atoms with Crippen LogP contribution >= 0.6 is 0 Å². The van der Waals surface area contributed by atoms with Gasteiger partial charge >= 0.3 is 0 Å². The zero-order chi connectivity index (χ0) is 18.7.